The second kappa shape index (κ2) is 8.10. The number of benzene rings is 1. The Hall–Kier alpha value is -2.74. The summed E-state index contributed by atoms with van der Waals surface area (Å²) in [5.41, 5.74) is 0.584. The lowest BCUT2D eigenvalue weighted by Gasteiger charge is -2.18. The summed E-state index contributed by atoms with van der Waals surface area (Å²) < 4.78 is 11.7. The monoisotopic (exact) mass is 399 g/mol. The van der Waals surface area contributed by atoms with Gasteiger partial charge in [0.05, 0.1) is 18.4 Å². The second-order valence-electron chi connectivity index (χ2n) is 6.86. The minimum absolute atomic E-state index is 0.0622. The van der Waals surface area contributed by atoms with E-state index in [1.807, 2.05) is 0 Å². The molecule has 1 aliphatic carbocycles. The summed E-state index contributed by atoms with van der Waals surface area (Å²) in [6, 6.07) is 8.02. The Morgan fingerprint density at radius 3 is 2.68 bits per heavy atom. The number of carbonyl (C=O) groups is 1. The molecule has 1 aromatic carbocycles. The zero-order valence-corrected chi connectivity index (χ0v) is 16.4. The van der Waals surface area contributed by atoms with E-state index in [1.165, 1.54) is 41.2 Å². The van der Waals surface area contributed by atoms with Crippen LogP contribution in [0.5, 0.6) is 5.75 Å². The Labute approximate surface area is 165 Å². The van der Waals surface area contributed by atoms with Crippen LogP contribution in [0.3, 0.4) is 0 Å². The van der Waals surface area contributed by atoms with Gasteiger partial charge >= 0.3 is 5.97 Å². The van der Waals surface area contributed by atoms with Gasteiger partial charge in [-0.3, -0.25) is 4.79 Å². The maximum atomic E-state index is 12.4. The number of nitrogens with zero attached hydrogens (tertiary/aromatic N) is 3. The summed E-state index contributed by atoms with van der Waals surface area (Å²) in [6.07, 6.45) is 5.90. The first-order chi connectivity index (χ1) is 13.6. The van der Waals surface area contributed by atoms with Crippen LogP contribution in [0, 0.1) is 0 Å². The van der Waals surface area contributed by atoms with Crippen molar-refractivity contribution in [1.82, 2.24) is 14.6 Å². The minimum atomic E-state index is -0.475. The van der Waals surface area contributed by atoms with Crippen LogP contribution < -0.4 is 10.3 Å². The number of esters is 1. The highest BCUT2D eigenvalue weighted by Crippen LogP contribution is 2.34. The number of hydrogen-bond acceptors (Lipinski definition) is 7. The van der Waals surface area contributed by atoms with Crippen molar-refractivity contribution in [3.8, 4) is 5.75 Å². The third-order valence-electron chi connectivity index (χ3n) is 4.94. The molecule has 0 N–H and O–H groups in total. The van der Waals surface area contributed by atoms with Gasteiger partial charge in [-0.15, -0.1) is 0 Å². The predicted octanol–water partition coefficient (Wildman–Crippen LogP) is 3.56. The van der Waals surface area contributed by atoms with Crippen LogP contribution >= 0.6 is 11.3 Å². The van der Waals surface area contributed by atoms with Gasteiger partial charge in [0.1, 0.15) is 17.4 Å². The molecule has 8 heteroatoms. The Kier molecular flexibility index (Phi) is 5.38. The molecule has 0 atom stereocenters. The highest BCUT2D eigenvalue weighted by atomic mass is 32.1. The van der Waals surface area contributed by atoms with Crippen LogP contribution in [0.1, 0.15) is 59.1 Å². The molecule has 0 spiro atoms. The summed E-state index contributed by atoms with van der Waals surface area (Å²) in [5.74, 6) is 0.601. The van der Waals surface area contributed by atoms with Crippen LogP contribution in [-0.4, -0.2) is 27.7 Å². The molecule has 1 aliphatic rings. The fourth-order valence-corrected chi connectivity index (χ4v) is 4.50. The average Bonchev–Trinajstić information content (AvgIpc) is 3.17. The molecule has 4 rings (SSSR count). The Bertz CT molecular complexity index is 1040. The molecule has 2 aromatic heterocycles. The van der Waals surface area contributed by atoms with Gasteiger partial charge in [-0.1, -0.05) is 30.6 Å². The van der Waals surface area contributed by atoms with E-state index in [-0.39, 0.29) is 12.2 Å². The van der Waals surface area contributed by atoms with Crippen molar-refractivity contribution in [2.24, 2.45) is 0 Å². The van der Waals surface area contributed by atoms with Crippen molar-refractivity contribution in [1.29, 1.82) is 0 Å². The molecule has 1 saturated carbocycles. The van der Waals surface area contributed by atoms with E-state index < -0.39 is 5.97 Å². The van der Waals surface area contributed by atoms with E-state index in [1.54, 1.807) is 31.4 Å². The van der Waals surface area contributed by atoms with Gasteiger partial charge < -0.3 is 9.47 Å². The number of carbonyl (C=O) groups excluding carboxylic acids is 1. The number of hydrogen-bond donors (Lipinski definition) is 0. The minimum Gasteiger partial charge on any atom is -0.497 e. The van der Waals surface area contributed by atoms with Crippen LogP contribution in [0.2, 0.25) is 0 Å². The number of methoxy groups -OCH3 is 1. The first kappa shape index (κ1) is 18.6. The van der Waals surface area contributed by atoms with Crippen molar-refractivity contribution < 1.29 is 14.3 Å². The maximum absolute atomic E-state index is 12.4. The van der Waals surface area contributed by atoms with Crippen molar-refractivity contribution in [3.05, 3.63) is 57.0 Å². The third kappa shape index (κ3) is 3.91. The summed E-state index contributed by atoms with van der Waals surface area (Å²) in [7, 11) is 1.56. The summed E-state index contributed by atoms with van der Waals surface area (Å²) in [4.78, 5) is 29.6. The average molecular weight is 399 g/mol. The van der Waals surface area contributed by atoms with Crippen molar-refractivity contribution in [3.63, 3.8) is 0 Å². The number of fused-ring (bicyclic) bond motifs is 1. The van der Waals surface area contributed by atoms with E-state index in [9.17, 15) is 9.59 Å². The molecule has 1 fully saturated rings. The summed E-state index contributed by atoms with van der Waals surface area (Å²) >= 11 is 1.45. The molecule has 0 bridgehead atoms. The van der Waals surface area contributed by atoms with Crippen LogP contribution in [0.15, 0.2) is 35.1 Å². The molecule has 7 nitrogen and oxygen atoms in total. The molecule has 2 heterocycles. The van der Waals surface area contributed by atoms with Crippen LogP contribution in [0.4, 0.5) is 0 Å². The van der Waals surface area contributed by atoms with E-state index in [0.717, 1.165) is 17.8 Å². The third-order valence-corrected chi connectivity index (χ3v) is 6.02. The zero-order valence-electron chi connectivity index (χ0n) is 15.6. The molecule has 0 amide bonds. The lowest BCUT2D eigenvalue weighted by molar-refractivity contribution is 0.0467. The van der Waals surface area contributed by atoms with Gasteiger partial charge in [0.25, 0.3) is 5.56 Å². The first-order valence-electron chi connectivity index (χ1n) is 9.35. The maximum Gasteiger partial charge on any atom is 0.338 e. The van der Waals surface area contributed by atoms with Gasteiger partial charge in [-0.25, -0.2) is 9.78 Å². The molecular formula is C20H21N3O4S. The van der Waals surface area contributed by atoms with Gasteiger partial charge in [-0.05, 0) is 37.1 Å². The Morgan fingerprint density at radius 2 is 1.96 bits per heavy atom. The quantitative estimate of drug-likeness (QED) is 0.610. The lowest BCUT2D eigenvalue weighted by Crippen LogP contribution is -2.17. The highest BCUT2D eigenvalue weighted by Gasteiger charge is 2.21. The SMILES string of the molecule is COc1ccc(C(=O)OCc2cc(=O)n3nc(C4CCCCC4)sc3n2)cc1. The number of ether oxygens (including phenoxy) is 2. The second-order valence-corrected chi connectivity index (χ2v) is 7.85. The standard InChI is InChI=1S/C20H21N3O4S/c1-26-16-9-7-14(8-10-16)19(25)27-12-15-11-17(24)23-20(21-15)28-18(22-23)13-5-3-2-4-6-13/h7-11,13H,2-6,12H2,1H3. The van der Waals surface area contributed by atoms with E-state index >= 15 is 0 Å². The van der Waals surface area contributed by atoms with Crippen LogP contribution in [0.25, 0.3) is 4.96 Å². The molecule has 0 aliphatic heterocycles. The van der Waals surface area contributed by atoms with Crippen molar-refractivity contribution in [2.75, 3.05) is 7.11 Å². The van der Waals surface area contributed by atoms with Gasteiger partial charge in [-0.2, -0.15) is 9.61 Å². The lowest BCUT2D eigenvalue weighted by atomic mass is 9.90. The smallest absolute Gasteiger partial charge is 0.338 e. The topological polar surface area (TPSA) is 82.8 Å². The van der Waals surface area contributed by atoms with Crippen molar-refractivity contribution >= 4 is 22.3 Å². The Morgan fingerprint density at radius 1 is 1.21 bits per heavy atom. The summed E-state index contributed by atoms with van der Waals surface area (Å²) in [6.45, 7) is -0.0622. The fraction of sp³-hybridized carbons (Fsp3) is 0.400. The predicted molar refractivity (Wildman–Crippen MR) is 105 cm³/mol. The van der Waals surface area contributed by atoms with Gasteiger partial charge in [0, 0.05) is 12.0 Å². The van der Waals surface area contributed by atoms with Crippen molar-refractivity contribution in [2.45, 2.75) is 44.6 Å². The molecule has 146 valence electrons. The largest absolute Gasteiger partial charge is 0.497 e. The van der Waals surface area contributed by atoms with E-state index in [4.69, 9.17) is 9.47 Å². The van der Waals surface area contributed by atoms with Gasteiger partial charge in [0.15, 0.2) is 0 Å². The fourth-order valence-electron chi connectivity index (χ4n) is 3.41. The Balaban J connectivity index is 1.49. The summed E-state index contributed by atoms with van der Waals surface area (Å²) in [5, 5.41) is 5.45. The molecule has 0 unspecified atom stereocenters. The molecule has 0 radical (unpaired) electrons. The first-order valence-corrected chi connectivity index (χ1v) is 10.2. The highest BCUT2D eigenvalue weighted by molar-refractivity contribution is 7.16. The number of aromatic nitrogens is 3. The molecular weight excluding hydrogens is 378 g/mol. The number of rotatable bonds is 5. The molecule has 0 saturated heterocycles. The zero-order chi connectivity index (χ0) is 19.5. The van der Waals surface area contributed by atoms with E-state index in [2.05, 4.69) is 10.1 Å². The normalized spacial score (nSPS) is 14.9. The van der Waals surface area contributed by atoms with Gasteiger partial charge in [0.2, 0.25) is 4.96 Å². The molecule has 28 heavy (non-hydrogen) atoms. The molecule has 3 aromatic rings. The van der Waals surface area contributed by atoms with Crippen LogP contribution in [-0.2, 0) is 11.3 Å². The van der Waals surface area contributed by atoms with E-state index in [0.29, 0.717) is 27.9 Å².